The average Bonchev–Trinajstić information content (AvgIpc) is 2.61. The molecule has 0 aliphatic rings. The Labute approximate surface area is 75.8 Å². The number of nitroso groups, excluding NO2 is 1. The third-order valence-corrected chi connectivity index (χ3v) is 1.83. The molecule has 5 heteroatoms. The van der Waals surface area contributed by atoms with Gasteiger partial charge in [0.2, 0.25) is 0 Å². The van der Waals surface area contributed by atoms with E-state index in [0.29, 0.717) is 12.1 Å². The number of carbonyl (C=O) groups is 1. The molecule has 0 radical (unpaired) electrons. The van der Waals surface area contributed by atoms with Crippen molar-refractivity contribution in [2.45, 2.75) is 25.9 Å². The van der Waals surface area contributed by atoms with Crippen LogP contribution in [0.15, 0.2) is 17.6 Å². The first-order chi connectivity index (χ1) is 6.33. The lowest BCUT2D eigenvalue weighted by atomic mass is 10.2. The molecule has 1 aromatic heterocycles. The number of aldehydes is 1. The molecule has 0 saturated heterocycles. The predicted octanol–water partition coefficient (Wildman–Crippen LogP) is 1.30. The van der Waals surface area contributed by atoms with E-state index in [1.807, 2.05) is 6.92 Å². The smallest absolute Gasteiger partial charge is 0.156 e. The van der Waals surface area contributed by atoms with Gasteiger partial charge in [0.1, 0.15) is 12.1 Å². The van der Waals surface area contributed by atoms with Crippen LogP contribution in [0, 0.1) is 4.91 Å². The fourth-order valence-corrected chi connectivity index (χ4v) is 1.17. The first-order valence-electron chi connectivity index (χ1n) is 4.10. The van der Waals surface area contributed by atoms with Crippen molar-refractivity contribution in [1.29, 1.82) is 0 Å². The number of imidazole rings is 1. The molecule has 0 aliphatic carbocycles. The Morgan fingerprint density at radius 1 is 1.77 bits per heavy atom. The zero-order valence-corrected chi connectivity index (χ0v) is 7.38. The van der Waals surface area contributed by atoms with Crippen molar-refractivity contribution < 1.29 is 4.79 Å². The summed E-state index contributed by atoms with van der Waals surface area (Å²) in [5, 5.41) is 2.86. The van der Waals surface area contributed by atoms with Gasteiger partial charge in [-0.3, -0.25) is 0 Å². The van der Waals surface area contributed by atoms with Crippen LogP contribution in [0.3, 0.4) is 0 Å². The molecule has 1 rings (SSSR count). The zero-order valence-electron chi connectivity index (χ0n) is 7.38. The molecule has 0 fully saturated rings. The van der Waals surface area contributed by atoms with Gasteiger partial charge in [0.15, 0.2) is 6.04 Å². The van der Waals surface area contributed by atoms with Gasteiger partial charge in [-0.1, -0.05) is 5.18 Å². The van der Waals surface area contributed by atoms with Crippen LogP contribution in [0.5, 0.6) is 0 Å². The molecule has 0 amide bonds. The Kier molecular flexibility index (Phi) is 3.31. The topological polar surface area (TPSA) is 64.3 Å². The third-order valence-electron chi connectivity index (χ3n) is 1.83. The third kappa shape index (κ3) is 1.99. The Bertz CT molecular complexity index is 295. The molecule has 1 heterocycles. The molecule has 0 bridgehead atoms. The van der Waals surface area contributed by atoms with Crippen LogP contribution in [0.25, 0.3) is 0 Å². The van der Waals surface area contributed by atoms with Crippen molar-refractivity contribution in [3.63, 3.8) is 0 Å². The normalized spacial score (nSPS) is 12.4. The van der Waals surface area contributed by atoms with Gasteiger partial charge in [0, 0.05) is 25.4 Å². The summed E-state index contributed by atoms with van der Waals surface area (Å²) in [6.07, 6.45) is 4.14. The Morgan fingerprint density at radius 3 is 3.08 bits per heavy atom. The van der Waals surface area contributed by atoms with Gasteiger partial charge in [-0.15, -0.1) is 0 Å². The van der Waals surface area contributed by atoms with E-state index in [-0.39, 0.29) is 6.42 Å². The molecule has 0 saturated carbocycles. The molecule has 0 spiro atoms. The molecule has 0 N–H and O–H groups in total. The summed E-state index contributed by atoms with van der Waals surface area (Å²) in [7, 11) is 0. The summed E-state index contributed by atoms with van der Waals surface area (Å²) in [5.41, 5.74) is 0. The number of nitrogens with zero attached hydrogens (tertiary/aromatic N) is 3. The van der Waals surface area contributed by atoms with Crippen molar-refractivity contribution >= 4 is 6.29 Å². The van der Waals surface area contributed by atoms with Crippen LogP contribution in [0.2, 0.25) is 0 Å². The molecule has 1 aromatic rings. The monoisotopic (exact) mass is 181 g/mol. The van der Waals surface area contributed by atoms with Gasteiger partial charge in [0.05, 0.1) is 0 Å². The van der Waals surface area contributed by atoms with Gasteiger partial charge < -0.3 is 9.36 Å². The van der Waals surface area contributed by atoms with Crippen LogP contribution in [-0.2, 0) is 11.3 Å². The summed E-state index contributed by atoms with van der Waals surface area (Å²) in [6.45, 7) is 2.66. The number of hydrogen-bond acceptors (Lipinski definition) is 4. The SMILES string of the molecule is CCn1ccnc1C(CC=O)N=O. The van der Waals surface area contributed by atoms with Gasteiger partial charge in [-0.25, -0.2) is 4.98 Å². The molecule has 70 valence electrons. The summed E-state index contributed by atoms with van der Waals surface area (Å²) >= 11 is 0. The lowest BCUT2D eigenvalue weighted by Crippen LogP contribution is -2.06. The minimum atomic E-state index is -0.646. The molecular weight excluding hydrogens is 170 g/mol. The van der Waals surface area contributed by atoms with Crippen LogP contribution in [-0.4, -0.2) is 15.8 Å². The van der Waals surface area contributed by atoms with Crippen LogP contribution in [0.4, 0.5) is 0 Å². The lowest BCUT2D eigenvalue weighted by molar-refractivity contribution is -0.108. The Morgan fingerprint density at radius 2 is 2.54 bits per heavy atom. The second kappa shape index (κ2) is 4.49. The summed E-state index contributed by atoms with van der Waals surface area (Å²) in [4.78, 5) is 24.6. The number of carbonyl (C=O) groups excluding carboxylic acids is 1. The summed E-state index contributed by atoms with van der Waals surface area (Å²) < 4.78 is 1.80. The van der Waals surface area contributed by atoms with Gasteiger partial charge in [-0.05, 0) is 6.92 Å². The maximum absolute atomic E-state index is 10.4. The van der Waals surface area contributed by atoms with E-state index >= 15 is 0 Å². The Hall–Kier alpha value is -1.52. The average molecular weight is 181 g/mol. The first-order valence-corrected chi connectivity index (χ1v) is 4.10. The van der Waals surface area contributed by atoms with Crippen molar-refractivity contribution in [2.24, 2.45) is 5.18 Å². The highest BCUT2D eigenvalue weighted by Crippen LogP contribution is 2.17. The highest BCUT2D eigenvalue weighted by atomic mass is 16.3. The largest absolute Gasteiger partial charge is 0.333 e. The molecular formula is C8H11N3O2. The predicted molar refractivity (Wildman–Crippen MR) is 47.1 cm³/mol. The Balaban J connectivity index is 2.89. The minimum Gasteiger partial charge on any atom is -0.333 e. The molecule has 5 nitrogen and oxygen atoms in total. The van der Waals surface area contributed by atoms with E-state index in [4.69, 9.17) is 0 Å². The molecule has 0 aromatic carbocycles. The number of rotatable bonds is 5. The molecule has 0 aliphatic heterocycles. The van der Waals surface area contributed by atoms with Gasteiger partial charge >= 0.3 is 0 Å². The second-order valence-corrected chi connectivity index (χ2v) is 2.60. The van der Waals surface area contributed by atoms with Crippen molar-refractivity contribution in [2.75, 3.05) is 0 Å². The maximum Gasteiger partial charge on any atom is 0.156 e. The summed E-state index contributed by atoms with van der Waals surface area (Å²) in [6, 6.07) is -0.646. The van der Waals surface area contributed by atoms with E-state index in [1.54, 1.807) is 17.0 Å². The van der Waals surface area contributed by atoms with Crippen LogP contribution in [0.1, 0.15) is 25.2 Å². The van der Waals surface area contributed by atoms with Crippen molar-refractivity contribution in [1.82, 2.24) is 9.55 Å². The highest BCUT2D eigenvalue weighted by molar-refractivity contribution is 5.50. The van der Waals surface area contributed by atoms with Gasteiger partial charge in [0.25, 0.3) is 0 Å². The fourth-order valence-electron chi connectivity index (χ4n) is 1.17. The van der Waals surface area contributed by atoms with E-state index in [0.717, 1.165) is 6.54 Å². The quantitative estimate of drug-likeness (QED) is 0.508. The number of aryl methyl sites for hydroxylation is 1. The zero-order chi connectivity index (χ0) is 9.68. The lowest BCUT2D eigenvalue weighted by Gasteiger charge is -2.06. The minimum absolute atomic E-state index is 0.0977. The standard InChI is InChI=1S/C8H11N3O2/c1-2-11-5-4-9-8(11)7(10-13)3-6-12/h4-7H,2-3H2,1H3. The molecule has 1 unspecified atom stereocenters. The molecule has 13 heavy (non-hydrogen) atoms. The summed E-state index contributed by atoms with van der Waals surface area (Å²) in [5.74, 6) is 0.560. The number of hydrogen-bond donors (Lipinski definition) is 0. The molecule has 1 atom stereocenters. The van der Waals surface area contributed by atoms with Crippen LogP contribution >= 0.6 is 0 Å². The van der Waals surface area contributed by atoms with Crippen molar-refractivity contribution in [3.05, 3.63) is 23.1 Å². The van der Waals surface area contributed by atoms with Crippen molar-refractivity contribution in [3.8, 4) is 0 Å². The van der Waals surface area contributed by atoms with Gasteiger partial charge in [-0.2, -0.15) is 4.91 Å². The van der Waals surface area contributed by atoms with E-state index < -0.39 is 6.04 Å². The fraction of sp³-hybridized carbons (Fsp3) is 0.500. The van der Waals surface area contributed by atoms with E-state index in [9.17, 15) is 9.70 Å². The van der Waals surface area contributed by atoms with E-state index in [1.165, 1.54) is 0 Å². The number of aromatic nitrogens is 2. The van der Waals surface area contributed by atoms with E-state index in [2.05, 4.69) is 10.2 Å². The maximum atomic E-state index is 10.4. The first kappa shape index (κ1) is 9.57. The van der Waals surface area contributed by atoms with Crippen LogP contribution < -0.4 is 0 Å². The second-order valence-electron chi connectivity index (χ2n) is 2.60. The highest BCUT2D eigenvalue weighted by Gasteiger charge is 2.16.